The zero-order valence-electron chi connectivity index (χ0n) is 16.7. The van der Waals surface area contributed by atoms with Gasteiger partial charge in [-0.1, -0.05) is 66.7 Å². The van der Waals surface area contributed by atoms with Crippen molar-refractivity contribution in [1.82, 2.24) is 5.32 Å². The van der Waals surface area contributed by atoms with Crippen LogP contribution < -0.4 is 10.1 Å². The molecule has 3 aromatic rings. The van der Waals surface area contributed by atoms with Crippen LogP contribution in [-0.4, -0.2) is 17.2 Å². The fraction of sp³-hybridized carbons (Fsp3) is 0.167. The lowest BCUT2D eigenvalue weighted by atomic mass is 10.0. The van der Waals surface area contributed by atoms with Gasteiger partial charge in [-0.05, 0) is 44.8 Å². The molecular weight excluding hydrogens is 462 g/mol. The fourth-order valence-electron chi connectivity index (χ4n) is 2.92. The summed E-state index contributed by atoms with van der Waals surface area (Å²) in [5.74, 6) is -0.415. The number of hydrogen-bond acceptors (Lipinski definition) is 4. The van der Waals surface area contributed by atoms with Crippen molar-refractivity contribution in [2.45, 2.75) is 25.7 Å². The van der Waals surface area contributed by atoms with Crippen LogP contribution in [0.4, 0.5) is 4.79 Å². The van der Waals surface area contributed by atoms with Crippen molar-refractivity contribution >= 4 is 28.0 Å². The first-order chi connectivity index (χ1) is 15.0. The molecule has 0 heterocycles. The Morgan fingerprint density at radius 1 is 0.903 bits per heavy atom. The van der Waals surface area contributed by atoms with E-state index in [9.17, 15) is 14.7 Å². The molecule has 0 fully saturated rings. The van der Waals surface area contributed by atoms with Crippen LogP contribution in [0.1, 0.15) is 29.2 Å². The largest absolute Gasteiger partial charge is 0.488 e. The second-order valence-corrected chi connectivity index (χ2v) is 7.67. The number of ether oxygens (including phenoxy) is 2. The summed E-state index contributed by atoms with van der Waals surface area (Å²) in [4.78, 5) is 23.6. The minimum absolute atomic E-state index is 0.0996. The third kappa shape index (κ3) is 7.15. The van der Waals surface area contributed by atoms with Crippen LogP contribution >= 0.6 is 15.9 Å². The van der Waals surface area contributed by atoms with Gasteiger partial charge in [0.05, 0.1) is 16.9 Å². The second-order valence-electron chi connectivity index (χ2n) is 6.82. The van der Waals surface area contributed by atoms with Crippen LogP contribution in [-0.2, 0) is 22.7 Å². The van der Waals surface area contributed by atoms with Gasteiger partial charge in [0.1, 0.15) is 19.0 Å². The van der Waals surface area contributed by atoms with Gasteiger partial charge in [0.25, 0.3) is 0 Å². The van der Waals surface area contributed by atoms with Crippen molar-refractivity contribution in [1.29, 1.82) is 0 Å². The third-order valence-electron chi connectivity index (χ3n) is 4.48. The Morgan fingerprint density at radius 2 is 1.52 bits per heavy atom. The normalized spacial score (nSPS) is 11.4. The molecule has 0 aliphatic carbocycles. The highest BCUT2D eigenvalue weighted by molar-refractivity contribution is 9.10. The van der Waals surface area contributed by atoms with E-state index in [0.29, 0.717) is 22.4 Å². The zero-order chi connectivity index (χ0) is 22.1. The SMILES string of the molecule is O=C(O)CC(NC(=O)OCc1ccccc1)c1ccc(OCc2ccccc2)c(Br)c1. The van der Waals surface area contributed by atoms with Crippen LogP contribution in [0.5, 0.6) is 5.75 Å². The molecule has 0 saturated heterocycles. The number of hydrogen-bond donors (Lipinski definition) is 2. The van der Waals surface area contributed by atoms with Crippen molar-refractivity contribution in [3.63, 3.8) is 0 Å². The lowest BCUT2D eigenvalue weighted by Gasteiger charge is -2.19. The molecule has 160 valence electrons. The Labute approximate surface area is 188 Å². The number of carbonyl (C=O) groups excluding carboxylic acids is 1. The Balaban J connectivity index is 1.64. The van der Waals surface area contributed by atoms with Crippen LogP contribution in [0.25, 0.3) is 0 Å². The monoisotopic (exact) mass is 483 g/mol. The highest BCUT2D eigenvalue weighted by atomic mass is 79.9. The van der Waals surface area contributed by atoms with E-state index in [4.69, 9.17) is 9.47 Å². The Morgan fingerprint density at radius 3 is 2.10 bits per heavy atom. The average molecular weight is 484 g/mol. The molecule has 7 heteroatoms. The number of carboxylic acids is 1. The summed E-state index contributed by atoms with van der Waals surface area (Å²) in [6, 6.07) is 23.5. The van der Waals surface area contributed by atoms with E-state index in [-0.39, 0.29) is 13.0 Å². The lowest BCUT2D eigenvalue weighted by molar-refractivity contribution is -0.137. The first-order valence-corrected chi connectivity index (χ1v) is 10.5. The predicted molar refractivity (Wildman–Crippen MR) is 120 cm³/mol. The summed E-state index contributed by atoms with van der Waals surface area (Å²) < 4.78 is 11.7. The quantitative estimate of drug-likeness (QED) is 0.421. The molecule has 0 bridgehead atoms. The highest BCUT2D eigenvalue weighted by Crippen LogP contribution is 2.30. The van der Waals surface area contributed by atoms with Crippen LogP contribution in [0.15, 0.2) is 83.3 Å². The number of carboxylic acid groups (broad SMARTS) is 1. The van der Waals surface area contributed by atoms with Crippen LogP contribution in [0.3, 0.4) is 0 Å². The van der Waals surface area contributed by atoms with Gasteiger partial charge >= 0.3 is 12.1 Å². The second kappa shape index (κ2) is 11.2. The first kappa shape index (κ1) is 22.4. The molecule has 0 aliphatic rings. The number of halogens is 1. The molecule has 1 amide bonds. The molecule has 1 atom stereocenters. The maximum Gasteiger partial charge on any atom is 0.407 e. The summed E-state index contributed by atoms with van der Waals surface area (Å²) in [7, 11) is 0. The number of amides is 1. The molecule has 1 unspecified atom stereocenters. The Hall–Kier alpha value is -3.32. The van der Waals surface area contributed by atoms with Gasteiger partial charge in [0, 0.05) is 0 Å². The van der Waals surface area contributed by atoms with Gasteiger partial charge in [0.2, 0.25) is 0 Å². The van der Waals surface area contributed by atoms with Gasteiger partial charge < -0.3 is 19.9 Å². The maximum absolute atomic E-state index is 12.2. The summed E-state index contributed by atoms with van der Waals surface area (Å²) in [6.45, 7) is 0.504. The van der Waals surface area contributed by atoms with Gasteiger partial charge in [-0.2, -0.15) is 0 Å². The van der Waals surface area contributed by atoms with Gasteiger partial charge in [-0.25, -0.2) is 4.79 Å². The number of nitrogens with one attached hydrogen (secondary N) is 1. The van der Waals surface area contributed by atoms with E-state index >= 15 is 0 Å². The summed E-state index contributed by atoms with van der Waals surface area (Å²) in [6.07, 6.45) is -0.965. The van der Waals surface area contributed by atoms with E-state index in [1.54, 1.807) is 18.2 Å². The standard InChI is InChI=1S/C24H22BrNO5/c25-20-13-19(11-12-22(20)30-15-17-7-3-1-4-8-17)21(14-23(27)28)26-24(29)31-16-18-9-5-2-6-10-18/h1-13,21H,14-16H2,(H,26,29)(H,27,28). The molecule has 2 N–H and O–H groups in total. The molecule has 6 nitrogen and oxygen atoms in total. The van der Waals surface area contributed by atoms with E-state index in [1.165, 1.54) is 0 Å². The molecule has 0 aromatic heterocycles. The summed E-state index contributed by atoms with van der Waals surface area (Å²) >= 11 is 3.47. The van der Waals surface area contributed by atoms with Crippen molar-refractivity contribution in [2.75, 3.05) is 0 Å². The number of carbonyl (C=O) groups is 2. The van der Waals surface area contributed by atoms with Crippen molar-refractivity contribution in [3.05, 3.63) is 100 Å². The smallest absolute Gasteiger partial charge is 0.407 e. The van der Waals surface area contributed by atoms with Crippen molar-refractivity contribution in [2.24, 2.45) is 0 Å². The van der Waals surface area contributed by atoms with E-state index < -0.39 is 18.1 Å². The van der Waals surface area contributed by atoms with E-state index in [2.05, 4.69) is 21.2 Å². The Bertz CT molecular complexity index is 1010. The number of alkyl carbamates (subject to hydrolysis) is 1. The molecule has 0 spiro atoms. The topological polar surface area (TPSA) is 84.9 Å². The molecule has 0 saturated carbocycles. The first-order valence-electron chi connectivity index (χ1n) is 9.66. The minimum atomic E-state index is -1.03. The average Bonchev–Trinajstić information content (AvgIpc) is 2.77. The van der Waals surface area contributed by atoms with Crippen LogP contribution in [0, 0.1) is 0 Å². The number of rotatable bonds is 9. The van der Waals surface area contributed by atoms with Crippen molar-refractivity contribution in [3.8, 4) is 5.75 Å². The van der Waals surface area contributed by atoms with Crippen molar-refractivity contribution < 1.29 is 24.2 Å². The summed E-state index contributed by atoms with van der Waals surface area (Å²) in [5, 5.41) is 11.9. The third-order valence-corrected chi connectivity index (χ3v) is 5.10. The molecule has 0 radical (unpaired) electrons. The number of benzene rings is 3. The zero-order valence-corrected chi connectivity index (χ0v) is 18.2. The van der Waals surface area contributed by atoms with Gasteiger partial charge in [-0.15, -0.1) is 0 Å². The van der Waals surface area contributed by atoms with Gasteiger partial charge in [-0.3, -0.25) is 4.79 Å². The lowest BCUT2D eigenvalue weighted by Crippen LogP contribution is -2.30. The maximum atomic E-state index is 12.2. The van der Waals surface area contributed by atoms with E-state index in [0.717, 1.165) is 11.1 Å². The van der Waals surface area contributed by atoms with Gasteiger partial charge in [0.15, 0.2) is 0 Å². The molecule has 3 rings (SSSR count). The highest BCUT2D eigenvalue weighted by Gasteiger charge is 2.20. The number of aliphatic carboxylic acids is 1. The minimum Gasteiger partial charge on any atom is -0.488 e. The molecule has 3 aromatic carbocycles. The fourth-order valence-corrected chi connectivity index (χ4v) is 3.43. The predicted octanol–water partition coefficient (Wildman–Crippen LogP) is 5.47. The van der Waals surface area contributed by atoms with Crippen LogP contribution in [0.2, 0.25) is 0 Å². The molecular formula is C24H22BrNO5. The Kier molecular flexibility index (Phi) is 8.06. The molecule has 0 aliphatic heterocycles. The summed E-state index contributed by atoms with van der Waals surface area (Å²) in [5.41, 5.74) is 2.50. The molecule has 31 heavy (non-hydrogen) atoms. The van der Waals surface area contributed by atoms with E-state index in [1.807, 2.05) is 60.7 Å².